The number of oxazole rings is 1. The molecule has 1 saturated heterocycles. The third-order valence-corrected chi connectivity index (χ3v) is 6.68. The van der Waals surface area contributed by atoms with E-state index in [0.717, 1.165) is 53.0 Å². The van der Waals surface area contributed by atoms with Crippen LogP contribution in [0.3, 0.4) is 0 Å². The van der Waals surface area contributed by atoms with E-state index in [-0.39, 0.29) is 6.10 Å². The van der Waals surface area contributed by atoms with Crippen LogP contribution in [0.4, 0.5) is 0 Å². The lowest BCUT2D eigenvalue weighted by molar-refractivity contribution is 0.0953. The van der Waals surface area contributed by atoms with Crippen molar-refractivity contribution in [2.24, 2.45) is 0 Å². The lowest BCUT2D eigenvalue weighted by Gasteiger charge is -2.14. The average molecular weight is 483 g/mol. The van der Waals surface area contributed by atoms with E-state index in [2.05, 4.69) is 19.7 Å². The maximum atomic E-state index is 6.09. The minimum atomic E-state index is 0.166. The molecule has 0 N–H and O–H groups in total. The first-order valence-electron chi connectivity index (χ1n) is 10.7. The van der Waals surface area contributed by atoms with Crippen LogP contribution in [0.5, 0.6) is 5.75 Å². The van der Waals surface area contributed by atoms with Crippen LogP contribution in [-0.4, -0.2) is 39.6 Å². The molecule has 0 aliphatic carbocycles. The zero-order valence-corrected chi connectivity index (χ0v) is 19.7. The number of thioether (sulfide) groups is 1. The van der Waals surface area contributed by atoms with E-state index < -0.39 is 0 Å². The fourth-order valence-corrected chi connectivity index (χ4v) is 4.79. The summed E-state index contributed by atoms with van der Waals surface area (Å²) in [5, 5.41) is 10.4. The third-order valence-electron chi connectivity index (χ3n) is 5.45. The van der Waals surface area contributed by atoms with E-state index in [4.69, 9.17) is 25.5 Å². The summed E-state index contributed by atoms with van der Waals surface area (Å²) in [6, 6.07) is 15.3. The second-order valence-corrected chi connectivity index (χ2v) is 9.10. The summed E-state index contributed by atoms with van der Waals surface area (Å²) in [4.78, 5) is 4.61. The van der Waals surface area contributed by atoms with Crippen molar-refractivity contribution >= 4 is 23.4 Å². The molecule has 3 heterocycles. The molecule has 1 aliphatic rings. The van der Waals surface area contributed by atoms with Crippen LogP contribution in [0.2, 0.25) is 5.02 Å². The molecule has 1 unspecified atom stereocenters. The molecule has 1 fully saturated rings. The maximum absolute atomic E-state index is 6.09. The van der Waals surface area contributed by atoms with Crippen molar-refractivity contribution in [1.82, 2.24) is 19.7 Å². The van der Waals surface area contributed by atoms with Crippen LogP contribution in [0, 0.1) is 0 Å². The molecule has 1 aliphatic heterocycles. The first-order chi connectivity index (χ1) is 16.2. The highest BCUT2D eigenvalue weighted by molar-refractivity contribution is 7.98. The van der Waals surface area contributed by atoms with Crippen LogP contribution in [0.25, 0.3) is 22.8 Å². The lowest BCUT2D eigenvalue weighted by atomic mass is 10.2. The van der Waals surface area contributed by atoms with Gasteiger partial charge in [0, 0.05) is 28.5 Å². The Labute approximate surface area is 201 Å². The van der Waals surface area contributed by atoms with Gasteiger partial charge in [0.1, 0.15) is 12.0 Å². The predicted molar refractivity (Wildman–Crippen MR) is 127 cm³/mol. The van der Waals surface area contributed by atoms with Crippen molar-refractivity contribution in [3.05, 3.63) is 65.5 Å². The lowest BCUT2D eigenvalue weighted by Crippen LogP contribution is -2.16. The first kappa shape index (κ1) is 22.0. The van der Waals surface area contributed by atoms with Crippen molar-refractivity contribution in [3.8, 4) is 28.6 Å². The Bertz CT molecular complexity index is 1220. The number of ether oxygens (including phenoxy) is 2. The van der Waals surface area contributed by atoms with Crippen molar-refractivity contribution < 1.29 is 13.9 Å². The molecule has 0 amide bonds. The molecular formula is C24H23ClN4O3S. The van der Waals surface area contributed by atoms with E-state index in [1.165, 1.54) is 0 Å². The number of aromatic nitrogens is 4. The van der Waals surface area contributed by atoms with E-state index in [9.17, 15) is 0 Å². The van der Waals surface area contributed by atoms with Gasteiger partial charge in [-0.3, -0.25) is 4.57 Å². The van der Waals surface area contributed by atoms with Gasteiger partial charge in [-0.15, -0.1) is 10.2 Å². The average Bonchev–Trinajstić information content (AvgIpc) is 3.60. The maximum Gasteiger partial charge on any atom is 0.226 e. The minimum absolute atomic E-state index is 0.166. The summed E-state index contributed by atoms with van der Waals surface area (Å²) in [7, 11) is 1.66. The molecule has 170 valence electrons. The molecule has 2 aromatic heterocycles. The Balaban J connectivity index is 1.36. The number of rotatable bonds is 8. The molecule has 0 radical (unpaired) electrons. The normalized spacial score (nSPS) is 15.8. The first-order valence-corrected chi connectivity index (χ1v) is 12.1. The Kier molecular flexibility index (Phi) is 6.66. The Morgan fingerprint density at radius 3 is 2.79 bits per heavy atom. The largest absolute Gasteiger partial charge is 0.497 e. The van der Waals surface area contributed by atoms with Gasteiger partial charge in [-0.05, 0) is 55.3 Å². The second-order valence-electron chi connectivity index (χ2n) is 7.72. The second kappa shape index (κ2) is 9.99. The topological polar surface area (TPSA) is 75.2 Å². The molecule has 0 spiro atoms. The standard InChI is InChI=1S/C24H23ClN4O3S/c1-30-20-9-7-16(8-10-20)22-27-28-24(29(22)13-21-6-3-11-31-21)33-15-19-14-32-23(26-19)17-4-2-5-18(25)12-17/h2,4-5,7-10,12,14,21H,3,6,11,13,15H2,1H3. The van der Waals surface area contributed by atoms with Gasteiger partial charge in [-0.1, -0.05) is 29.4 Å². The zero-order chi connectivity index (χ0) is 22.6. The Morgan fingerprint density at radius 1 is 1.15 bits per heavy atom. The zero-order valence-electron chi connectivity index (χ0n) is 18.1. The highest BCUT2D eigenvalue weighted by Crippen LogP contribution is 2.30. The molecule has 0 saturated carbocycles. The van der Waals surface area contributed by atoms with Gasteiger partial charge < -0.3 is 13.9 Å². The van der Waals surface area contributed by atoms with E-state index >= 15 is 0 Å². The monoisotopic (exact) mass is 482 g/mol. The molecular weight excluding hydrogens is 460 g/mol. The number of halogens is 1. The number of hydrogen-bond donors (Lipinski definition) is 0. The molecule has 1 atom stereocenters. The van der Waals surface area contributed by atoms with Crippen LogP contribution >= 0.6 is 23.4 Å². The van der Waals surface area contributed by atoms with Gasteiger partial charge in [0.05, 0.1) is 25.5 Å². The number of benzene rings is 2. The summed E-state index contributed by atoms with van der Waals surface area (Å²) in [5.74, 6) is 2.78. The Hall–Kier alpha value is -2.81. The van der Waals surface area contributed by atoms with Crippen molar-refractivity contribution in [2.75, 3.05) is 13.7 Å². The molecule has 9 heteroatoms. The van der Waals surface area contributed by atoms with Gasteiger partial charge in [-0.25, -0.2) is 4.98 Å². The summed E-state index contributed by atoms with van der Waals surface area (Å²) in [6.07, 6.45) is 3.96. The molecule has 2 aromatic carbocycles. The van der Waals surface area contributed by atoms with Crippen LogP contribution in [0.15, 0.2) is 64.4 Å². The molecule has 0 bridgehead atoms. The summed E-state index contributed by atoms with van der Waals surface area (Å²) in [6.45, 7) is 1.52. The van der Waals surface area contributed by atoms with Crippen LogP contribution in [0.1, 0.15) is 18.5 Å². The number of hydrogen-bond acceptors (Lipinski definition) is 7. The van der Waals surface area contributed by atoms with Crippen molar-refractivity contribution in [2.45, 2.75) is 36.4 Å². The summed E-state index contributed by atoms with van der Waals surface area (Å²) >= 11 is 7.67. The van der Waals surface area contributed by atoms with Crippen molar-refractivity contribution in [3.63, 3.8) is 0 Å². The quantitative estimate of drug-likeness (QED) is 0.297. The van der Waals surface area contributed by atoms with Crippen molar-refractivity contribution in [1.29, 1.82) is 0 Å². The van der Waals surface area contributed by atoms with E-state index in [0.29, 0.717) is 23.2 Å². The van der Waals surface area contributed by atoms with E-state index in [1.807, 2.05) is 48.5 Å². The highest BCUT2D eigenvalue weighted by atomic mass is 35.5. The van der Waals surface area contributed by atoms with Gasteiger partial charge in [0.15, 0.2) is 11.0 Å². The fourth-order valence-electron chi connectivity index (χ4n) is 3.77. The summed E-state index contributed by atoms with van der Waals surface area (Å²) in [5.41, 5.74) is 2.66. The predicted octanol–water partition coefficient (Wildman–Crippen LogP) is 5.73. The van der Waals surface area contributed by atoms with Gasteiger partial charge in [0.2, 0.25) is 5.89 Å². The molecule has 5 rings (SSSR count). The van der Waals surface area contributed by atoms with Gasteiger partial charge in [-0.2, -0.15) is 0 Å². The SMILES string of the molecule is COc1ccc(-c2nnc(SCc3coc(-c4cccc(Cl)c4)n3)n2CC2CCCO2)cc1. The Morgan fingerprint density at radius 2 is 2.03 bits per heavy atom. The van der Waals surface area contributed by atoms with Crippen LogP contribution in [-0.2, 0) is 17.0 Å². The third kappa shape index (κ3) is 5.08. The number of nitrogens with zero attached hydrogens (tertiary/aromatic N) is 4. The highest BCUT2D eigenvalue weighted by Gasteiger charge is 2.22. The smallest absolute Gasteiger partial charge is 0.226 e. The van der Waals surface area contributed by atoms with E-state index in [1.54, 1.807) is 25.1 Å². The summed E-state index contributed by atoms with van der Waals surface area (Å²) < 4.78 is 19.0. The van der Waals surface area contributed by atoms with Gasteiger partial charge >= 0.3 is 0 Å². The molecule has 7 nitrogen and oxygen atoms in total. The van der Waals surface area contributed by atoms with Crippen LogP contribution < -0.4 is 4.74 Å². The minimum Gasteiger partial charge on any atom is -0.497 e. The molecule has 33 heavy (non-hydrogen) atoms. The molecule has 4 aromatic rings. The number of methoxy groups -OCH3 is 1. The van der Waals surface area contributed by atoms with Gasteiger partial charge in [0.25, 0.3) is 0 Å². The fraction of sp³-hybridized carbons (Fsp3) is 0.292.